The quantitative estimate of drug-likeness (QED) is 0.00695. The van der Waals surface area contributed by atoms with Crippen LogP contribution in [0.3, 0.4) is 0 Å². The molecule has 0 spiro atoms. The number of benzene rings is 6. The Bertz CT molecular complexity index is 5450. The van der Waals surface area contributed by atoms with Crippen LogP contribution < -0.4 is 45.5 Å². The van der Waals surface area contributed by atoms with Gasteiger partial charge in [0.15, 0.2) is 12.1 Å². The molecule has 9 aliphatic carbocycles. The monoisotopic (exact) mass is 2390 g/mol. The number of H-pyrrole nitrogens is 1. The van der Waals surface area contributed by atoms with Crippen LogP contribution in [0.1, 0.15) is 402 Å². The molecule has 1 aromatic heterocycles. The van der Waals surface area contributed by atoms with E-state index in [2.05, 4.69) is 101 Å². The Balaban J connectivity index is 0.000000246. The number of nitrogens with one attached hydrogen (secondary N) is 1. The number of ether oxygens (including phenoxy) is 9. The number of carbonyl (C=O) groups is 5. The van der Waals surface area contributed by atoms with Crippen molar-refractivity contribution in [3.8, 4) is 34.5 Å². The number of aldehydes is 1. The van der Waals surface area contributed by atoms with E-state index in [-0.39, 0.29) is 93.2 Å². The van der Waals surface area contributed by atoms with Gasteiger partial charge in [0.25, 0.3) is 0 Å². The molecule has 0 unspecified atom stereocenters. The normalized spacial score (nSPS) is 15.7. The van der Waals surface area contributed by atoms with Gasteiger partial charge < -0.3 is 67.8 Å². The minimum Gasteiger partial charge on any atom is 0 e. The summed E-state index contributed by atoms with van der Waals surface area (Å²) in [6, 6.07) is 29.8. The van der Waals surface area contributed by atoms with E-state index in [4.69, 9.17) is 70.4 Å². The van der Waals surface area contributed by atoms with Crippen LogP contribution >= 0.6 is 70.8 Å². The van der Waals surface area contributed by atoms with Crippen molar-refractivity contribution in [2.24, 2.45) is 0 Å². The maximum Gasteiger partial charge on any atom is 0 e. The van der Waals surface area contributed by atoms with Gasteiger partial charge in [0.1, 0.15) is 51.2 Å². The second-order valence-electron chi connectivity index (χ2n) is 37.9. The number of hydrogen-bond donors (Lipinski definition) is 6. The summed E-state index contributed by atoms with van der Waals surface area (Å²) in [5.74, 6) is 7.42. The van der Waals surface area contributed by atoms with Crippen LogP contribution in [0.25, 0.3) is 5.57 Å². The molecule has 0 bridgehead atoms. The van der Waals surface area contributed by atoms with E-state index in [9.17, 15) is 43.5 Å². The number of halogens is 4. The van der Waals surface area contributed by atoms with Gasteiger partial charge in [0, 0.05) is 34.0 Å². The number of aromatic nitrogens is 3. The van der Waals surface area contributed by atoms with Gasteiger partial charge in [0.2, 0.25) is 0 Å². The molecule has 141 heavy (non-hydrogen) atoms. The molecule has 7 aromatic rings. The maximum absolute atomic E-state index is 11.9. The van der Waals surface area contributed by atoms with Crippen molar-refractivity contribution >= 4 is 121 Å². The Labute approximate surface area is 890 Å². The number of aliphatic hydroxyl groups is 1. The SMILES string of the molecule is CC(=O)c1ccc(I)cc1OC(C)C.CC(C)Oc1cc(C2CCCC2)c(C2CC2)cc1C=O.CC(C)Oc1cc(C2CCCC2)c(C2CC2)cc1CO.COC(=O)c1cc(Br)c(C2CCCC2)cc1OC(C)C.COC(=O)c1ccc(C2=CCCC2)cc1OC(C)C.COC(=O)c1ccc(C2CCCC2)cc1OC(C)C.O=c1[nH]c(=O)n(Br)c(=O)n1Br.OB(O)C1=CCCC1.OB(O)C1CC1.[O]=[Mn]=[O].[Pd]. The van der Waals surface area contributed by atoms with Crippen LogP contribution in [-0.4, -0.2) is 140 Å². The van der Waals surface area contributed by atoms with E-state index in [1.54, 1.807) is 13.0 Å². The van der Waals surface area contributed by atoms with Gasteiger partial charge >= 0.3 is 71.7 Å². The van der Waals surface area contributed by atoms with Crippen molar-refractivity contribution in [1.29, 1.82) is 0 Å². The molecule has 7 fully saturated rings. The van der Waals surface area contributed by atoms with Crippen LogP contribution in [0.4, 0.5) is 0 Å². The predicted octanol–water partition coefficient (Wildman–Crippen LogP) is 23.5. The minimum absolute atomic E-state index is 0. The van der Waals surface area contributed by atoms with E-state index in [0.29, 0.717) is 82.0 Å². The number of esters is 3. The van der Waals surface area contributed by atoms with E-state index in [1.165, 1.54) is 195 Å². The minimum atomic E-state index is -1.44. The zero-order valence-corrected chi connectivity index (χ0v) is 93.8. The number of carbonyl (C=O) groups excluding carboxylic acids is 5. The van der Waals surface area contributed by atoms with Gasteiger partial charge in [-0.1, -0.05) is 104 Å². The number of nitrogens with zero attached hydrogens (tertiary/aromatic N) is 2. The second-order valence-corrected chi connectivity index (χ2v) is 41.6. The molecule has 9 aliphatic rings. The van der Waals surface area contributed by atoms with Crippen molar-refractivity contribution in [1.82, 2.24) is 12.2 Å². The first-order chi connectivity index (χ1) is 66.7. The number of ketones is 1. The van der Waals surface area contributed by atoms with Gasteiger partial charge in [-0.25, -0.2) is 28.8 Å². The fourth-order valence-electron chi connectivity index (χ4n) is 17.5. The smallest absolute Gasteiger partial charge is 0 e. The van der Waals surface area contributed by atoms with Gasteiger partial charge in [0.05, 0.1) is 108 Å². The third-order valence-electron chi connectivity index (χ3n) is 24.6. The number of allylic oxidation sites excluding steroid dienone is 4. The van der Waals surface area contributed by atoms with Crippen LogP contribution in [-0.2, 0) is 63.7 Å². The van der Waals surface area contributed by atoms with Gasteiger partial charge in [-0.2, -0.15) is 7.19 Å². The average Bonchev–Trinajstić information content (AvgIpc) is 1.62. The van der Waals surface area contributed by atoms with Gasteiger partial charge in [-0.15, -0.1) is 0 Å². The second kappa shape index (κ2) is 62.6. The summed E-state index contributed by atoms with van der Waals surface area (Å²) >= 11 is 9.62. The number of Topliss-reactive ketones (excluding diaryl/α,β-unsaturated/α-hetero) is 1. The first kappa shape index (κ1) is 122. The molecule has 16 rings (SSSR count). The van der Waals surface area contributed by atoms with Gasteiger partial charge in [-0.3, -0.25) is 14.6 Å². The van der Waals surface area contributed by atoms with Crippen LogP contribution in [0.15, 0.2) is 127 Å². The van der Waals surface area contributed by atoms with Crippen LogP contribution in [0.5, 0.6) is 34.5 Å². The fourth-order valence-corrected chi connectivity index (χ4v) is 19.3. The topological polar surface area (TPSA) is 381 Å². The first-order valence-electron chi connectivity index (χ1n) is 49.1. The summed E-state index contributed by atoms with van der Waals surface area (Å²) in [4.78, 5) is 92.0. The Morgan fingerprint density at radius 2 is 0.837 bits per heavy atom. The van der Waals surface area contributed by atoms with Crippen molar-refractivity contribution in [3.05, 3.63) is 220 Å². The number of aromatic amines is 1. The molecule has 0 radical (unpaired) electrons. The Morgan fingerprint density at radius 1 is 0.461 bits per heavy atom. The molecule has 7 saturated carbocycles. The number of hydrogen-bond acceptors (Lipinski definition) is 24. The van der Waals surface area contributed by atoms with E-state index in [0.717, 1.165) is 98.9 Å². The fraction of sp³-hybridized carbons (Fsp3) is 0.547. The van der Waals surface area contributed by atoms with Gasteiger partial charge in [-0.05, 0) is 398 Å². The molecule has 0 amide bonds. The van der Waals surface area contributed by atoms with Crippen molar-refractivity contribution in [2.45, 2.75) is 354 Å². The largest absolute Gasteiger partial charge is 0 e. The third kappa shape index (κ3) is 40.4. The number of rotatable bonds is 27. The Morgan fingerprint density at radius 3 is 1.23 bits per heavy atom. The standard InChI is InChI=1S/C18H26O2.C18H24O2.C16H21BrO3.C16H22O3.C16H20O3.C11H13IO2.C5H9BO2.C3H7BO2.C3HBr2N3O3.Mn.2O.Pd/c2*1-12(2)20-18-10-17(13-5-3-4-6-13)16(14-7-8-14)9-15(18)11-19;1-10(2)20-15-9-12(11-6-4-5-7-11)14(17)8-13(15)16(18)19-3;2*1-11(2)19-15-10-13(12-6-4-5-7-12)8-9-14(15)16(17)18-3;1-7(2)14-11-6-9(12)4-5-10(11)8(3)13;7-6(8)5-3-1-2-4-5;5-4(6)3-1-2-3;4-7-1(9)6-2(10)8(5)3(7)11;;;;/h9-10,12-14,19H,3-8,11H2,1-2H3;9-14H,3-8H2,1-2H3;8-11H,4-7H2,1-3H3;8-12H,4-7H2,1-3H3;6,8-11H,4-5,7H2,1-3H3;4-7H,1-3H3;3,7-8H,1-2,4H2;3,5-6H,1-2H2;(H,6,9,10);;;;. The molecule has 0 aliphatic heterocycles. The van der Waals surface area contributed by atoms with Crippen molar-refractivity contribution in [3.63, 3.8) is 0 Å². The summed E-state index contributed by atoms with van der Waals surface area (Å²) in [6.45, 7) is 25.4. The molecular formula is C106H143B2Br3IMnN3O24Pd. The Kier molecular flexibility index (Phi) is 54.3. The van der Waals surface area contributed by atoms with Crippen molar-refractivity contribution in [2.75, 3.05) is 21.3 Å². The zero-order chi connectivity index (χ0) is 103. The van der Waals surface area contributed by atoms with E-state index >= 15 is 0 Å². The summed E-state index contributed by atoms with van der Waals surface area (Å²) in [7, 11) is 1.93. The van der Waals surface area contributed by atoms with Crippen molar-refractivity contribution < 1.29 is 135 Å². The molecule has 27 nitrogen and oxygen atoms in total. The molecule has 1 heterocycles. The summed E-state index contributed by atoms with van der Waals surface area (Å²) in [5, 5.41) is 43.2. The summed E-state index contributed by atoms with van der Waals surface area (Å²) in [5.41, 5.74) is 13.1. The van der Waals surface area contributed by atoms with E-state index in [1.807, 2.05) is 155 Å². The molecular weight excluding hydrogens is 2250 g/mol. The summed E-state index contributed by atoms with van der Waals surface area (Å²) < 4.78 is 69.1. The maximum atomic E-state index is 11.9. The number of aliphatic hydroxyl groups excluding tert-OH is 1. The number of methoxy groups -OCH3 is 3. The Hall–Kier alpha value is -7.36. The third-order valence-corrected chi connectivity index (χ3v) is 27.2. The molecule has 0 atom stereocenters. The summed E-state index contributed by atoms with van der Waals surface area (Å²) in [6.07, 6.45) is 39.7. The predicted molar refractivity (Wildman–Crippen MR) is 561 cm³/mol. The average molecular weight is 2390 g/mol. The molecule has 6 N–H and O–H groups in total. The van der Waals surface area contributed by atoms with Crippen LogP contribution in [0.2, 0.25) is 5.82 Å². The molecule has 0 saturated heterocycles. The molecule has 777 valence electrons. The van der Waals surface area contributed by atoms with Crippen LogP contribution in [0, 0.1) is 3.57 Å². The first-order valence-corrected chi connectivity index (χ1v) is 53.3. The molecule has 6 aromatic carbocycles. The molecule has 35 heteroatoms. The van der Waals surface area contributed by atoms with E-state index < -0.39 is 46.1 Å². The zero-order valence-electron chi connectivity index (χ0n) is 84.2.